The van der Waals surface area contributed by atoms with Crippen LogP contribution in [0.25, 0.3) is 0 Å². The number of ether oxygens (including phenoxy) is 1. The van der Waals surface area contributed by atoms with E-state index < -0.39 is 5.97 Å². The number of fused-ring (bicyclic) bond motifs is 1. The van der Waals surface area contributed by atoms with E-state index in [1.54, 1.807) is 0 Å². The Morgan fingerprint density at radius 1 is 1.19 bits per heavy atom. The Morgan fingerprint density at radius 3 is 2.71 bits per heavy atom. The number of thiophene rings is 1. The van der Waals surface area contributed by atoms with Gasteiger partial charge >= 0.3 is 5.97 Å². The molecule has 2 aromatic rings. The second-order valence-electron chi connectivity index (χ2n) is 4.67. The van der Waals surface area contributed by atoms with Gasteiger partial charge < -0.3 is 15.2 Å². The molecule has 6 heteroatoms. The molecular weight excluding hydrogens is 290 g/mol. The van der Waals surface area contributed by atoms with Crippen LogP contribution in [0.15, 0.2) is 36.4 Å². The minimum absolute atomic E-state index is 0.113. The maximum Gasteiger partial charge on any atom is 0.345 e. The zero-order chi connectivity index (χ0) is 14.8. The van der Waals surface area contributed by atoms with E-state index in [2.05, 4.69) is 5.32 Å². The van der Waals surface area contributed by atoms with Gasteiger partial charge in [0, 0.05) is 12.0 Å². The number of rotatable bonds is 3. The fourth-order valence-electron chi connectivity index (χ4n) is 2.30. The van der Waals surface area contributed by atoms with Crippen LogP contribution < -0.4 is 10.1 Å². The molecule has 1 aliphatic rings. The third kappa shape index (κ3) is 2.75. The average molecular weight is 303 g/mol. The fraction of sp³-hybridized carbons (Fsp3) is 0.200. The van der Waals surface area contributed by atoms with Gasteiger partial charge in [0.1, 0.15) is 10.6 Å². The van der Waals surface area contributed by atoms with Crippen molar-refractivity contribution < 1.29 is 19.4 Å². The number of nitrogens with one attached hydrogen (secondary N) is 1. The summed E-state index contributed by atoms with van der Waals surface area (Å²) in [5.41, 5.74) is 0.951. The standard InChI is InChI=1S/C15H13NO4S/c17-14(12-5-6-13(21-12)15(18)19)16-10-7-8-20-11-4-2-1-3-9(10)11/h1-6,10H,7-8H2,(H,16,17)(H,18,19). The van der Waals surface area contributed by atoms with Gasteiger partial charge in [-0.15, -0.1) is 11.3 Å². The number of benzene rings is 1. The Labute approximate surface area is 125 Å². The van der Waals surface area contributed by atoms with Crippen LogP contribution >= 0.6 is 11.3 Å². The Morgan fingerprint density at radius 2 is 1.95 bits per heavy atom. The van der Waals surface area contributed by atoms with Gasteiger partial charge in [-0.3, -0.25) is 4.79 Å². The minimum atomic E-state index is -1.02. The number of carboxylic acids is 1. The number of aromatic carboxylic acids is 1. The topological polar surface area (TPSA) is 75.6 Å². The number of amides is 1. The predicted molar refractivity (Wildman–Crippen MR) is 78.0 cm³/mol. The number of para-hydroxylation sites is 1. The third-order valence-corrected chi connectivity index (χ3v) is 4.38. The summed E-state index contributed by atoms with van der Waals surface area (Å²) in [4.78, 5) is 23.6. The molecule has 3 rings (SSSR count). The lowest BCUT2D eigenvalue weighted by atomic mass is 10.0. The van der Waals surface area contributed by atoms with Crippen LogP contribution in [0, 0.1) is 0 Å². The van der Waals surface area contributed by atoms with Gasteiger partial charge in [0.2, 0.25) is 0 Å². The molecular formula is C15H13NO4S. The Kier molecular flexibility index (Phi) is 3.62. The van der Waals surface area contributed by atoms with Crippen LogP contribution in [-0.4, -0.2) is 23.6 Å². The zero-order valence-corrected chi connectivity index (χ0v) is 11.9. The number of hydrogen-bond donors (Lipinski definition) is 2. The van der Waals surface area contributed by atoms with E-state index in [0.717, 1.165) is 22.6 Å². The third-order valence-electron chi connectivity index (χ3n) is 3.30. The quantitative estimate of drug-likeness (QED) is 0.914. The van der Waals surface area contributed by atoms with Gasteiger partial charge in [-0.1, -0.05) is 18.2 Å². The molecule has 0 bridgehead atoms. The molecule has 0 saturated heterocycles. The minimum Gasteiger partial charge on any atom is -0.493 e. The van der Waals surface area contributed by atoms with Gasteiger partial charge in [0.25, 0.3) is 5.91 Å². The lowest BCUT2D eigenvalue weighted by Gasteiger charge is -2.26. The summed E-state index contributed by atoms with van der Waals surface area (Å²) < 4.78 is 5.55. The molecule has 2 heterocycles. The zero-order valence-electron chi connectivity index (χ0n) is 11.0. The number of carbonyl (C=O) groups excluding carboxylic acids is 1. The fourth-order valence-corrected chi connectivity index (χ4v) is 3.04. The summed E-state index contributed by atoms with van der Waals surface area (Å²) in [5, 5.41) is 11.8. The van der Waals surface area contributed by atoms with Gasteiger partial charge in [-0.2, -0.15) is 0 Å². The van der Waals surface area contributed by atoms with E-state index >= 15 is 0 Å². The van der Waals surface area contributed by atoms with E-state index in [9.17, 15) is 9.59 Å². The molecule has 5 nitrogen and oxygen atoms in total. The van der Waals surface area contributed by atoms with Crippen molar-refractivity contribution >= 4 is 23.2 Å². The van der Waals surface area contributed by atoms with Crippen LogP contribution in [-0.2, 0) is 0 Å². The van der Waals surface area contributed by atoms with Crippen molar-refractivity contribution in [2.45, 2.75) is 12.5 Å². The van der Waals surface area contributed by atoms with Gasteiger partial charge in [0.05, 0.1) is 17.5 Å². The highest BCUT2D eigenvalue weighted by Crippen LogP contribution is 2.32. The second kappa shape index (κ2) is 5.57. The number of hydrogen-bond acceptors (Lipinski definition) is 4. The van der Waals surface area contributed by atoms with E-state index in [-0.39, 0.29) is 16.8 Å². The second-order valence-corrected chi connectivity index (χ2v) is 5.75. The molecule has 1 atom stereocenters. The Bertz CT molecular complexity index is 694. The van der Waals surface area contributed by atoms with Crippen molar-refractivity contribution in [3.05, 3.63) is 51.7 Å². The van der Waals surface area contributed by atoms with Gasteiger partial charge in [0.15, 0.2) is 0 Å². The summed E-state index contributed by atoms with van der Waals surface area (Å²) in [5.74, 6) is -0.490. The molecule has 2 N–H and O–H groups in total. The Balaban J connectivity index is 1.77. The molecule has 0 saturated carbocycles. The highest BCUT2D eigenvalue weighted by atomic mass is 32.1. The first-order chi connectivity index (χ1) is 10.1. The van der Waals surface area contributed by atoms with Crippen LogP contribution in [0.5, 0.6) is 5.75 Å². The molecule has 1 aromatic heterocycles. The highest BCUT2D eigenvalue weighted by molar-refractivity contribution is 7.15. The summed E-state index contributed by atoms with van der Waals surface area (Å²) in [6.45, 7) is 0.548. The van der Waals surface area contributed by atoms with Crippen molar-refractivity contribution in [2.75, 3.05) is 6.61 Å². The number of carboxylic acid groups (broad SMARTS) is 1. The van der Waals surface area contributed by atoms with E-state index in [1.807, 2.05) is 24.3 Å². The van der Waals surface area contributed by atoms with E-state index in [0.29, 0.717) is 17.9 Å². The average Bonchev–Trinajstić information content (AvgIpc) is 2.98. The molecule has 0 aliphatic carbocycles. The van der Waals surface area contributed by atoms with Crippen LogP contribution in [0.4, 0.5) is 0 Å². The van der Waals surface area contributed by atoms with Crippen LogP contribution in [0.1, 0.15) is 37.4 Å². The monoisotopic (exact) mass is 303 g/mol. The van der Waals surface area contributed by atoms with Crippen molar-refractivity contribution in [1.29, 1.82) is 0 Å². The first-order valence-electron chi connectivity index (χ1n) is 6.51. The molecule has 21 heavy (non-hydrogen) atoms. The first kappa shape index (κ1) is 13.6. The number of carbonyl (C=O) groups is 2. The smallest absolute Gasteiger partial charge is 0.345 e. The summed E-state index contributed by atoms with van der Waals surface area (Å²) in [6.07, 6.45) is 0.694. The van der Waals surface area contributed by atoms with Crippen molar-refractivity contribution in [3.63, 3.8) is 0 Å². The molecule has 1 amide bonds. The van der Waals surface area contributed by atoms with Crippen LogP contribution in [0.3, 0.4) is 0 Å². The summed E-state index contributed by atoms with van der Waals surface area (Å²) in [7, 11) is 0. The SMILES string of the molecule is O=C(O)c1ccc(C(=O)NC2CCOc3ccccc32)s1. The highest BCUT2D eigenvalue weighted by Gasteiger charge is 2.23. The lowest BCUT2D eigenvalue weighted by Crippen LogP contribution is -2.31. The molecule has 0 spiro atoms. The molecule has 1 aliphatic heterocycles. The maximum absolute atomic E-state index is 12.2. The van der Waals surface area contributed by atoms with Crippen LogP contribution in [0.2, 0.25) is 0 Å². The largest absolute Gasteiger partial charge is 0.493 e. The molecule has 0 fully saturated rings. The first-order valence-corrected chi connectivity index (χ1v) is 7.32. The maximum atomic E-state index is 12.2. The summed E-state index contributed by atoms with van der Waals surface area (Å²) >= 11 is 0.976. The van der Waals surface area contributed by atoms with Gasteiger partial charge in [-0.05, 0) is 18.2 Å². The van der Waals surface area contributed by atoms with E-state index in [1.165, 1.54) is 12.1 Å². The molecule has 1 unspecified atom stereocenters. The molecule has 1 aromatic carbocycles. The normalized spacial score (nSPS) is 16.7. The van der Waals surface area contributed by atoms with Crippen molar-refractivity contribution in [3.8, 4) is 5.75 Å². The van der Waals surface area contributed by atoms with Crippen molar-refractivity contribution in [1.82, 2.24) is 5.32 Å². The molecule has 0 radical (unpaired) electrons. The Hall–Kier alpha value is -2.34. The summed E-state index contributed by atoms with van der Waals surface area (Å²) in [6, 6.07) is 10.5. The van der Waals surface area contributed by atoms with Gasteiger partial charge in [-0.25, -0.2) is 4.79 Å². The molecule has 108 valence electrons. The van der Waals surface area contributed by atoms with E-state index in [4.69, 9.17) is 9.84 Å². The predicted octanol–water partition coefficient (Wildman–Crippen LogP) is 2.70. The lowest BCUT2D eigenvalue weighted by molar-refractivity contribution is 0.0702. The van der Waals surface area contributed by atoms with Crippen molar-refractivity contribution in [2.24, 2.45) is 0 Å².